The van der Waals surface area contributed by atoms with Gasteiger partial charge in [0.05, 0.1) is 19.8 Å². The van der Waals surface area contributed by atoms with Crippen molar-refractivity contribution in [3.05, 3.63) is 29.3 Å². The second-order valence-corrected chi connectivity index (χ2v) is 7.92. The molecule has 140 valence electrons. The van der Waals surface area contributed by atoms with Gasteiger partial charge in [-0.1, -0.05) is 19.8 Å². The van der Waals surface area contributed by atoms with Crippen molar-refractivity contribution in [2.75, 3.05) is 7.11 Å². The van der Waals surface area contributed by atoms with Gasteiger partial charge in [-0.05, 0) is 68.4 Å². The van der Waals surface area contributed by atoms with E-state index in [0.29, 0.717) is 0 Å². The van der Waals surface area contributed by atoms with E-state index in [2.05, 4.69) is 6.92 Å². The second-order valence-electron chi connectivity index (χ2n) is 7.92. The first-order valence-electron chi connectivity index (χ1n) is 9.71. The molecule has 0 radical (unpaired) electrons. The van der Waals surface area contributed by atoms with Crippen LogP contribution in [0.3, 0.4) is 0 Å². The van der Waals surface area contributed by atoms with Gasteiger partial charge in [-0.2, -0.15) is 4.39 Å². The van der Waals surface area contributed by atoms with Gasteiger partial charge in [0.15, 0.2) is 11.6 Å². The topological polar surface area (TPSA) is 18.5 Å². The third-order valence-electron chi connectivity index (χ3n) is 6.27. The summed E-state index contributed by atoms with van der Waals surface area (Å²) in [5, 5.41) is 0. The predicted octanol–water partition coefficient (Wildman–Crippen LogP) is 5.88. The second kappa shape index (κ2) is 8.48. The molecule has 0 heterocycles. The fourth-order valence-corrected chi connectivity index (χ4v) is 4.53. The summed E-state index contributed by atoms with van der Waals surface area (Å²) in [5.74, 6) is 0.773. The summed E-state index contributed by atoms with van der Waals surface area (Å²) in [4.78, 5) is 0. The first-order valence-corrected chi connectivity index (χ1v) is 9.71. The molecule has 0 amide bonds. The summed E-state index contributed by atoms with van der Waals surface area (Å²) in [6.07, 6.45) is 10.2. The zero-order chi connectivity index (χ0) is 17.8. The van der Waals surface area contributed by atoms with Gasteiger partial charge >= 0.3 is 0 Å². The Morgan fingerprint density at radius 1 is 0.880 bits per heavy atom. The van der Waals surface area contributed by atoms with E-state index in [-0.39, 0.29) is 24.0 Å². The number of halogens is 2. The molecule has 2 aliphatic rings. The SMILES string of the molecule is COc1ccc(COC2CCC(C3CCC(C)CC3)CC2)c(F)c1F. The third kappa shape index (κ3) is 4.52. The van der Waals surface area contributed by atoms with E-state index in [1.807, 2.05) is 0 Å². The van der Waals surface area contributed by atoms with E-state index >= 15 is 0 Å². The van der Waals surface area contributed by atoms with E-state index in [4.69, 9.17) is 9.47 Å². The van der Waals surface area contributed by atoms with Crippen LogP contribution in [0.4, 0.5) is 8.78 Å². The van der Waals surface area contributed by atoms with E-state index in [9.17, 15) is 8.78 Å². The maximum Gasteiger partial charge on any atom is 0.200 e. The molecule has 0 unspecified atom stereocenters. The van der Waals surface area contributed by atoms with Crippen molar-refractivity contribution in [3.63, 3.8) is 0 Å². The number of hydrogen-bond acceptors (Lipinski definition) is 2. The lowest BCUT2D eigenvalue weighted by Crippen LogP contribution is -2.28. The minimum atomic E-state index is -0.932. The maximum absolute atomic E-state index is 14.0. The monoisotopic (exact) mass is 352 g/mol. The van der Waals surface area contributed by atoms with Gasteiger partial charge in [0.2, 0.25) is 5.82 Å². The Labute approximate surface area is 149 Å². The Morgan fingerprint density at radius 3 is 2.08 bits per heavy atom. The van der Waals surface area contributed by atoms with Crippen molar-refractivity contribution in [1.82, 2.24) is 0 Å². The molecule has 25 heavy (non-hydrogen) atoms. The summed E-state index contributed by atoms with van der Waals surface area (Å²) in [7, 11) is 1.33. The fourth-order valence-electron chi connectivity index (χ4n) is 4.53. The van der Waals surface area contributed by atoms with Gasteiger partial charge in [0.25, 0.3) is 0 Å². The Morgan fingerprint density at radius 2 is 1.48 bits per heavy atom. The first-order chi connectivity index (χ1) is 12.1. The highest BCUT2D eigenvalue weighted by atomic mass is 19.2. The lowest BCUT2D eigenvalue weighted by molar-refractivity contribution is -0.00375. The largest absolute Gasteiger partial charge is 0.494 e. The van der Waals surface area contributed by atoms with Crippen LogP contribution in [0.1, 0.15) is 63.9 Å². The molecule has 0 spiro atoms. The van der Waals surface area contributed by atoms with Gasteiger partial charge in [0.1, 0.15) is 0 Å². The number of methoxy groups -OCH3 is 1. The van der Waals surface area contributed by atoms with Crippen molar-refractivity contribution >= 4 is 0 Å². The van der Waals surface area contributed by atoms with Crippen LogP contribution in [0.5, 0.6) is 5.75 Å². The third-order valence-corrected chi connectivity index (χ3v) is 6.27. The van der Waals surface area contributed by atoms with Crippen LogP contribution >= 0.6 is 0 Å². The van der Waals surface area contributed by atoms with Crippen molar-refractivity contribution in [1.29, 1.82) is 0 Å². The van der Waals surface area contributed by atoms with Crippen LogP contribution in [0.25, 0.3) is 0 Å². The molecule has 2 fully saturated rings. The highest BCUT2D eigenvalue weighted by Crippen LogP contribution is 2.40. The van der Waals surface area contributed by atoms with Crippen LogP contribution in [-0.2, 0) is 11.3 Å². The van der Waals surface area contributed by atoms with Crippen LogP contribution in [0, 0.1) is 29.4 Å². The highest BCUT2D eigenvalue weighted by Gasteiger charge is 2.30. The Balaban J connectivity index is 1.46. The summed E-state index contributed by atoms with van der Waals surface area (Å²) in [6, 6.07) is 3.00. The molecule has 0 saturated heterocycles. The van der Waals surface area contributed by atoms with E-state index in [1.165, 1.54) is 51.7 Å². The van der Waals surface area contributed by atoms with Crippen LogP contribution < -0.4 is 4.74 Å². The minimum absolute atomic E-state index is 0.0661. The van der Waals surface area contributed by atoms with Crippen molar-refractivity contribution in [3.8, 4) is 5.75 Å². The molecule has 1 aromatic carbocycles. The summed E-state index contributed by atoms with van der Waals surface area (Å²) in [6.45, 7) is 2.49. The van der Waals surface area contributed by atoms with E-state index < -0.39 is 11.6 Å². The molecule has 2 saturated carbocycles. The van der Waals surface area contributed by atoms with Crippen LogP contribution in [-0.4, -0.2) is 13.2 Å². The lowest BCUT2D eigenvalue weighted by atomic mass is 9.71. The van der Waals surface area contributed by atoms with E-state index in [1.54, 1.807) is 6.07 Å². The quantitative estimate of drug-likeness (QED) is 0.659. The van der Waals surface area contributed by atoms with Crippen molar-refractivity contribution in [2.24, 2.45) is 17.8 Å². The summed E-state index contributed by atoms with van der Waals surface area (Å²) >= 11 is 0. The smallest absolute Gasteiger partial charge is 0.200 e. The first kappa shape index (κ1) is 18.6. The van der Waals surface area contributed by atoms with Gasteiger partial charge in [0, 0.05) is 5.56 Å². The van der Waals surface area contributed by atoms with Crippen LogP contribution in [0.15, 0.2) is 12.1 Å². The average molecular weight is 352 g/mol. The molecular weight excluding hydrogens is 322 g/mol. The Bertz CT molecular complexity index is 559. The van der Waals surface area contributed by atoms with Gasteiger partial charge in [-0.15, -0.1) is 0 Å². The van der Waals surface area contributed by atoms with Crippen molar-refractivity contribution < 1.29 is 18.3 Å². The molecule has 2 aliphatic carbocycles. The molecule has 1 aromatic rings. The standard InChI is InChI=1S/C21H30F2O2/c1-14-3-5-15(6-4-14)16-7-10-18(11-8-16)25-13-17-9-12-19(24-2)21(23)20(17)22/h9,12,14-16,18H,3-8,10-11,13H2,1-2H3. The van der Waals surface area contributed by atoms with Crippen molar-refractivity contribution in [2.45, 2.75) is 71.0 Å². The Hall–Kier alpha value is -1.16. The predicted molar refractivity (Wildman–Crippen MR) is 94.6 cm³/mol. The minimum Gasteiger partial charge on any atom is -0.494 e. The molecule has 0 aliphatic heterocycles. The number of ether oxygens (including phenoxy) is 2. The highest BCUT2D eigenvalue weighted by molar-refractivity contribution is 5.30. The zero-order valence-electron chi connectivity index (χ0n) is 15.4. The molecule has 2 nitrogen and oxygen atoms in total. The number of hydrogen-bond donors (Lipinski definition) is 0. The van der Waals surface area contributed by atoms with Gasteiger partial charge < -0.3 is 9.47 Å². The molecular formula is C21H30F2O2. The normalized spacial score (nSPS) is 30.2. The molecule has 0 atom stereocenters. The summed E-state index contributed by atoms with van der Waals surface area (Å²) in [5.41, 5.74) is 0.265. The van der Waals surface area contributed by atoms with Crippen LogP contribution in [0.2, 0.25) is 0 Å². The lowest BCUT2D eigenvalue weighted by Gasteiger charge is -2.37. The molecule has 0 N–H and O–H groups in total. The average Bonchev–Trinajstić information content (AvgIpc) is 2.64. The summed E-state index contributed by atoms with van der Waals surface area (Å²) < 4.78 is 38.4. The molecule has 3 rings (SSSR count). The molecule has 0 bridgehead atoms. The Kier molecular flexibility index (Phi) is 6.32. The maximum atomic E-state index is 14.0. The fraction of sp³-hybridized carbons (Fsp3) is 0.714. The molecule has 4 heteroatoms. The zero-order valence-corrected chi connectivity index (χ0v) is 15.4. The molecule has 0 aromatic heterocycles. The number of benzene rings is 1. The van der Waals surface area contributed by atoms with Gasteiger partial charge in [-0.3, -0.25) is 0 Å². The van der Waals surface area contributed by atoms with Gasteiger partial charge in [-0.25, -0.2) is 4.39 Å². The van der Waals surface area contributed by atoms with E-state index in [0.717, 1.165) is 30.6 Å². The number of rotatable bonds is 5.